The molecule has 1 aliphatic heterocycles. The monoisotopic (exact) mass is 340 g/mol. The van der Waals surface area contributed by atoms with Crippen LogP contribution in [0, 0.1) is 13.8 Å². The smallest absolute Gasteiger partial charge is 0.262 e. The lowest BCUT2D eigenvalue weighted by molar-refractivity contribution is 0.268. The van der Waals surface area contributed by atoms with E-state index < -0.39 is 0 Å². The third-order valence-electron chi connectivity index (χ3n) is 4.58. The molecule has 0 radical (unpaired) electrons. The highest BCUT2D eigenvalue weighted by molar-refractivity contribution is 7.16. The molecule has 0 fully saturated rings. The summed E-state index contributed by atoms with van der Waals surface area (Å²) in [4.78, 5) is 25.4. The number of fused-ring (bicyclic) bond motifs is 2. The van der Waals surface area contributed by atoms with Gasteiger partial charge in [0.05, 0.1) is 11.1 Å². The zero-order valence-electron chi connectivity index (χ0n) is 14.0. The Hall–Kier alpha value is -2.05. The van der Waals surface area contributed by atoms with E-state index in [9.17, 15) is 4.79 Å². The molecule has 0 N–H and O–H groups in total. The highest BCUT2D eigenvalue weighted by Gasteiger charge is 2.19. The molecule has 0 aliphatic carbocycles. The van der Waals surface area contributed by atoms with Crippen molar-refractivity contribution in [2.24, 2.45) is 0 Å². The van der Waals surface area contributed by atoms with Crippen molar-refractivity contribution in [3.63, 3.8) is 0 Å². The Labute approximate surface area is 144 Å². The fourth-order valence-corrected chi connectivity index (χ4v) is 4.24. The molecule has 124 valence electrons. The van der Waals surface area contributed by atoms with Crippen LogP contribution < -0.4 is 5.56 Å². The molecule has 0 atom stereocenters. The third-order valence-corrected chi connectivity index (χ3v) is 5.57. The summed E-state index contributed by atoms with van der Waals surface area (Å²) in [5.41, 5.74) is 3.27. The van der Waals surface area contributed by atoms with E-state index in [2.05, 4.69) is 16.0 Å². The van der Waals surface area contributed by atoms with Crippen molar-refractivity contribution in [3.05, 3.63) is 56.7 Å². The molecule has 0 spiro atoms. The van der Waals surface area contributed by atoms with Gasteiger partial charge in [0.1, 0.15) is 10.7 Å². The van der Waals surface area contributed by atoms with Crippen LogP contribution in [0.25, 0.3) is 10.2 Å². The van der Waals surface area contributed by atoms with Gasteiger partial charge in [-0.05, 0) is 36.9 Å². The molecular formula is C18H20N4OS. The maximum atomic E-state index is 12.8. The molecule has 4 rings (SSSR count). The zero-order valence-corrected chi connectivity index (χ0v) is 14.8. The van der Waals surface area contributed by atoms with Crippen molar-refractivity contribution in [1.82, 2.24) is 19.4 Å². The van der Waals surface area contributed by atoms with Crippen molar-refractivity contribution >= 4 is 21.6 Å². The highest BCUT2D eigenvalue weighted by Crippen LogP contribution is 2.21. The van der Waals surface area contributed by atoms with Crippen LogP contribution in [0.4, 0.5) is 0 Å². The molecule has 24 heavy (non-hydrogen) atoms. The Morgan fingerprint density at radius 3 is 2.88 bits per heavy atom. The van der Waals surface area contributed by atoms with Gasteiger partial charge in [0, 0.05) is 38.3 Å². The summed E-state index contributed by atoms with van der Waals surface area (Å²) in [7, 11) is 0. The lowest BCUT2D eigenvalue weighted by atomic mass is 10.2. The van der Waals surface area contributed by atoms with Crippen LogP contribution in [-0.2, 0) is 19.5 Å². The molecule has 0 aromatic carbocycles. The quantitative estimate of drug-likeness (QED) is 0.719. The SMILES string of the molecule is Cc1cccc(CN2CCc3nc4scc(C)c4c(=O)n3CC2)n1. The maximum absolute atomic E-state index is 12.8. The number of hydrogen-bond acceptors (Lipinski definition) is 5. The van der Waals surface area contributed by atoms with E-state index in [1.807, 2.05) is 35.9 Å². The Kier molecular flexibility index (Phi) is 3.94. The van der Waals surface area contributed by atoms with Gasteiger partial charge in [0.2, 0.25) is 0 Å². The minimum absolute atomic E-state index is 0.115. The minimum atomic E-state index is 0.115. The highest BCUT2D eigenvalue weighted by atomic mass is 32.1. The number of aryl methyl sites for hydroxylation is 2. The van der Waals surface area contributed by atoms with Gasteiger partial charge >= 0.3 is 0 Å². The third kappa shape index (κ3) is 2.76. The van der Waals surface area contributed by atoms with E-state index in [-0.39, 0.29) is 5.56 Å². The Morgan fingerprint density at radius 2 is 2.04 bits per heavy atom. The minimum Gasteiger partial charge on any atom is -0.295 e. The molecule has 3 aromatic rings. The number of hydrogen-bond donors (Lipinski definition) is 0. The van der Waals surface area contributed by atoms with Crippen LogP contribution in [0.2, 0.25) is 0 Å². The molecule has 0 saturated heterocycles. The van der Waals surface area contributed by atoms with E-state index in [0.717, 1.165) is 59.0 Å². The fraction of sp³-hybridized carbons (Fsp3) is 0.389. The fourth-order valence-electron chi connectivity index (χ4n) is 3.31. The number of nitrogens with zero attached hydrogens (tertiary/aromatic N) is 4. The summed E-state index contributed by atoms with van der Waals surface area (Å²) < 4.78 is 1.87. The second kappa shape index (κ2) is 6.11. The second-order valence-electron chi connectivity index (χ2n) is 6.38. The molecule has 4 heterocycles. The summed E-state index contributed by atoms with van der Waals surface area (Å²) in [5, 5.41) is 2.81. The molecule has 6 heteroatoms. The molecule has 0 saturated carbocycles. The van der Waals surface area contributed by atoms with Crippen LogP contribution in [0.1, 0.15) is 22.8 Å². The van der Waals surface area contributed by atoms with Crippen molar-refractivity contribution in [2.75, 3.05) is 13.1 Å². The van der Waals surface area contributed by atoms with Crippen molar-refractivity contribution in [1.29, 1.82) is 0 Å². The van der Waals surface area contributed by atoms with Gasteiger partial charge < -0.3 is 0 Å². The largest absolute Gasteiger partial charge is 0.295 e. The average Bonchev–Trinajstić information content (AvgIpc) is 2.80. The van der Waals surface area contributed by atoms with Crippen molar-refractivity contribution in [3.8, 4) is 0 Å². The standard InChI is InChI=1S/C18H20N4OS/c1-12-11-24-17-16(12)18(23)22-9-8-21(7-6-15(22)20-17)10-14-5-3-4-13(2)19-14/h3-5,11H,6-10H2,1-2H3. The van der Waals surface area contributed by atoms with Gasteiger partial charge in [-0.15, -0.1) is 11.3 Å². The van der Waals surface area contributed by atoms with E-state index >= 15 is 0 Å². The molecule has 3 aromatic heterocycles. The number of pyridine rings is 1. The maximum Gasteiger partial charge on any atom is 0.262 e. The first-order chi connectivity index (χ1) is 11.6. The first-order valence-corrected chi connectivity index (χ1v) is 9.12. The van der Waals surface area contributed by atoms with Gasteiger partial charge in [0.15, 0.2) is 0 Å². The van der Waals surface area contributed by atoms with Gasteiger partial charge in [-0.1, -0.05) is 6.07 Å². The predicted octanol–water partition coefficient (Wildman–Crippen LogP) is 2.53. The van der Waals surface area contributed by atoms with E-state index in [0.29, 0.717) is 6.54 Å². The van der Waals surface area contributed by atoms with Crippen LogP contribution in [0.5, 0.6) is 0 Å². The predicted molar refractivity (Wildman–Crippen MR) is 96.6 cm³/mol. The summed E-state index contributed by atoms with van der Waals surface area (Å²) in [6, 6.07) is 6.13. The van der Waals surface area contributed by atoms with Crippen molar-refractivity contribution in [2.45, 2.75) is 33.4 Å². The van der Waals surface area contributed by atoms with Gasteiger partial charge in [0.25, 0.3) is 5.56 Å². The van der Waals surface area contributed by atoms with Crippen LogP contribution in [0.3, 0.4) is 0 Å². The molecule has 0 bridgehead atoms. The summed E-state index contributed by atoms with van der Waals surface area (Å²) >= 11 is 1.56. The number of thiophene rings is 1. The molecule has 0 unspecified atom stereocenters. The number of rotatable bonds is 2. The first kappa shape index (κ1) is 15.5. The Morgan fingerprint density at radius 1 is 1.17 bits per heavy atom. The van der Waals surface area contributed by atoms with E-state index in [4.69, 9.17) is 4.98 Å². The average molecular weight is 340 g/mol. The first-order valence-electron chi connectivity index (χ1n) is 8.24. The van der Waals surface area contributed by atoms with E-state index in [1.165, 1.54) is 0 Å². The molecular weight excluding hydrogens is 320 g/mol. The van der Waals surface area contributed by atoms with Crippen LogP contribution >= 0.6 is 11.3 Å². The normalized spacial score (nSPS) is 15.4. The summed E-state index contributed by atoms with van der Waals surface area (Å²) in [6.07, 6.45) is 0.800. The van der Waals surface area contributed by atoms with Crippen molar-refractivity contribution < 1.29 is 0 Å². The van der Waals surface area contributed by atoms with Crippen LogP contribution in [-0.4, -0.2) is 32.5 Å². The Balaban J connectivity index is 1.61. The van der Waals surface area contributed by atoms with Gasteiger partial charge in [-0.2, -0.15) is 0 Å². The summed E-state index contributed by atoms with van der Waals surface area (Å²) in [5.74, 6) is 0.911. The van der Waals surface area contributed by atoms with Crippen LogP contribution in [0.15, 0.2) is 28.4 Å². The second-order valence-corrected chi connectivity index (χ2v) is 7.24. The molecule has 0 amide bonds. The lowest BCUT2D eigenvalue weighted by Gasteiger charge is -2.18. The topological polar surface area (TPSA) is 51.0 Å². The molecule has 1 aliphatic rings. The zero-order chi connectivity index (χ0) is 16.7. The van der Waals surface area contributed by atoms with E-state index in [1.54, 1.807) is 11.3 Å². The number of aromatic nitrogens is 3. The van der Waals surface area contributed by atoms with Gasteiger partial charge in [-0.3, -0.25) is 19.2 Å². The molecule has 5 nitrogen and oxygen atoms in total. The Bertz CT molecular complexity index is 959. The lowest BCUT2D eigenvalue weighted by Crippen LogP contribution is -2.29. The van der Waals surface area contributed by atoms with Gasteiger partial charge in [-0.25, -0.2) is 4.98 Å². The summed E-state index contributed by atoms with van der Waals surface area (Å²) in [6.45, 7) is 7.26.